The standard InChI is InChI=1S/C20H25BrN6/c1-14(15-2-4-17(21)5-3-15)25-20-19-16(6-11-27(19)24-13-23-20)12-26-9-7-18(22)8-10-26/h2-6,11,13-14,18H,7-10,12,22H2,1H3,(H,23,24,25). The van der Waals surface area contributed by atoms with Gasteiger partial charge in [0.2, 0.25) is 0 Å². The Labute approximate surface area is 167 Å². The second kappa shape index (κ2) is 7.96. The lowest BCUT2D eigenvalue weighted by Gasteiger charge is -2.29. The molecule has 7 heteroatoms. The van der Waals surface area contributed by atoms with Crippen LogP contribution in [0.3, 0.4) is 0 Å². The van der Waals surface area contributed by atoms with Gasteiger partial charge in [0.1, 0.15) is 11.8 Å². The first-order valence-corrected chi connectivity index (χ1v) is 10.2. The van der Waals surface area contributed by atoms with Crippen LogP contribution in [0.5, 0.6) is 0 Å². The zero-order valence-electron chi connectivity index (χ0n) is 15.5. The first-order valence-electron chi connectivity index (χ1n) is 9.41. The minimum Gasteiger partial charge on any atom is -0.362 e. The van der Waals surface area contributed by atoms with E-state index in [0.717, 1.165) is 48.3 Å². The Morgan fingerprint density at radius 1 is 1.22 bits per heavy atom. The molecule has 1 saturated heterocycles. The molecule has 3 aromatic rings. The number of hydrogen-bond acceptors (Lipinski definition) is 5. The lowest BCUT2D eigenvalue weighted by Crippen LogP contribution is -2.39. The molecule has 0 spiro atoms. The number of nitrogens with zero attached hydrogens (tertiary/aromatic N) is 4. The monoisotopic (exact) mass is 428 g/mol. The Morgan fingerprint density at radius 2 is 1.96 bits per heavy atom. The van der Waals surface area contributed by atoms with Gasteiger partial charge in [-0.05, 0) is 62.2 Å². The molecule has 3 N–H and O–H groups in total. The quantitative estimate of drug-likeness (QED) is 0.649. The Bertz CT molecular complexity index is 898. The van der Waals surface area contributed by atoms with Crippen molar-refractivity contribution >= 4 is 27.3 Å². The van der Waals surface area contributed by atoms with Crippen LogP contribution in [0.1, 0.15) is 36.9 Å². The van der Waals surface area contributed by atoms with E-state index in [1.54, 1.807) is 6.33 Å². The van der Waals surface area contributed by atoms with Gasteiger partial charge < -0.3 is 11.1 Å². The van der Waals surface area contributed by atoms with Crippen LogP contribution in [0, 0.1) is 0 Å². The van der Waals surface area contributed by atoms with E-state index < -0.39 is 0 Å². The topological polar surface area (TPSA) is 71.5 Å². The van der Waals surface area contributed by atoms with E-state index in [1.165, 1.54) is 11.1 Å². The fourth-order valence-corrected chi connectivity index (χ4v) is 3.91. The third-order valence-corrected chi connectivity index (χ3v) is 5.82. The Morgan fingerprint density at radius 3 is 2.70 bits per heavy atom. The van der Waals surface area contributed by atoms with Crippen molar-refractivity contribution < 1.29 is 0 Å². The van der Waals surface area contributed by atoms with Crippen molar-refractivity contribution in [2.45, 2.75) is 38.4 Å². The maximum atomic E-state index is 6.04. The number of rotatable bonds is 5. The zero-order valence-corrected chi connectivity index (χ0v) is 17.1. The third kappa shape index (κ3) is 4.15. The Hall–Kier alpha value is -1.96. The summed E-state index contributed by atoms with van der Waals surface area (Å²) in [7, 11) is 0. The summed E-state index contributed by atoms with van der Waals surface area (Å²) in [5.74, 6) is 0.870. The minimum absolute atomic E-state index is 0.146. The Balaban J connectivity index is 1.57. The predicted octanol–water partition coefficient (Wildman–Crippen LogP) is 3.59. The SMILES string of the molecule is CC(Nc1ncnn2ccc(CN3CCC(N)CC3)c12)c1ccc(Br)cc1. The van der Waals surface area contributed by atoms with Gasteiger partial charge in [0.15, 0.2) is 5.82 Å². The van der Waals surface area contributed by atoms with Crippen molar-refractivity contribution in [3.8, 4) is 0 Å². The molecule has 27 heavy (non-hydrogen) atoms. The van der Waals surface area contributed by atoms with Crippen molar-refractivity contribution in [1.29, 1.82) is 0 Å². The van der Waals surface area contributed by atoms with Gasteiger partial charge in [-0.25, -0.2) is 9.50 Å². The minimum atomic E-state index is 0.146. The second-order valence-corrected chi connectivity index (χ2v) is 8.19. The van der Waals surface area contributed by atoms with Gasteiger partial charge >= 0.3 is 0 Å². The molecule has 3 heterocycles. The van der Waals surface area contributed by atoms with Crippen molar-refractivity contribution in [2.24, 2.45) is 5.73 Å². The highest BCUT2D eigenvalue weighted by Crippen LogP contribution is 2.26. The number of likely N-dealkylation sites (tertiary alicyclic amines) is 1. The summed E-state index contributed by atoms with van der Waals surface area (Å²) in [5.41, 5.74) is 9.56. The fourth-order valence-electron chi connectivity index (χ4n) is 3.64. The summed E-state index contributed by atoms with van der Waals surface area (Å²) in [5, 5.41) is 7.95. The molecular formula is C20H25BrN6. The Kier molecular flexibility index (Phi) is 5.43. The number of halogens is 1. The molecule has 0 radical (unpaired) electrons. The summed E-state index contributed by atoms with van der Waals surface area (Å²) < 4.78 is 2.99. The molecule has 1 aromatic carbocycles. The maximum Gasteiger partial charge on any atom is 0.154 e. The molecular weight excluding hydrogens is 404 g/mol. The first-order chi connectivity index (χ1) is 13.1. The summed E-state index contributed by atoms with van der Waals surface area (Å²) in [6.45, 7) is 5.14. The highest BCUT2D eigenvalue weighted by atomic mass is 79.9. The number of hydrogen-bond donors (Lipinski definition) is 2. The smallest absolute Gasteiger partial charge is 0.154 e. The van der Waals surface area contributed by atoms with Crippen LogP contribution in [-0.2, 0) is 6.54 Å². The highest BCUT2D eigenvalue weighted by Gasteiger charge is 2.19. The number of anilines is 1. The lowest BCUT2D eigenvalue weighted by atomic mass is 10.1. The van der Waals surface area contributed by atoms with E-state index in [9.17, 15) is 0 Å². The molecule has 4 rings (SSSR count). The molecule has 1 aliphatic rings. The van der Waals surface area contributed by atoms with Crippen LogP contribution < -0.4 is 11.1 Å². The number of nitrogens with two attached hydrogens (primary N) is 1. The number of fused-ring (bicyclic) bond motifs is 1. The molecule has 1 atom stereocenters. The number of piperidine rings is 1. The van der Waals surface area contributed by atoms with E-state index in [1.807, 2.05) is 10.7 Å². The van der Waals surface area contributed by atoms with Crippen molar-refractivity contribution in [3.63, 3.8) is 0 Å². The third-order valence-electron chi connectivity index (χ3n) is 5.29. The summed E-state index contributed by atoms with van der Waals surface area (Å²) in [6, 6.07) is 11.0. The van der Waals surface area contributed by atoms with Crippen LogP contribution in [0.4, 0.5) is 5.82 Å². The molecule has 142 valence electrons. The maximum absolute atomic E-state index is 6.04. The van der Waals surface area contributed by atoms with E-state index in [-0.39, 0.29) is 6.04 Å². The predicted molar refractivity (Wildman–Crippen MR) is 112 cm³/mol. The van der Waals surface area contributed by atoms with Crippen LogP contribution in [-0.4, -0.2) is 38.6 Å². The lowest BCUT2D eigenvalue weighted by molar-refractivity contribution is 0.206. The van der Waals surface area contributed by atoms with E-state index in [0.29, 0.717) is 6.04 Å². The van der Waals surface area contributed by atoms with E-state index in [4.69, 9.17) is 5.73 Å². The molecule has 1 aliphatic heterocycles. The van der Waals surface area contributed by atoms with Crippen molar-refractivity contribution in [2.75, 3.05) is 18.4 Å². The van der Waals surface area contributed by atoms with E-state index in [2.05, 4.69) is 73.5 Å². The van der Waals surface area contributed by atoms with Gasteiger partial charge in [-0.15, -0.1) is 0 Å². The van der Waals surface area contributed by atoms with Gasteiger partial charge in [-0.2, -0.15) is 5.10 Å². The second-order valence-electron chi connectivity index (χ2n) is 7.27. The number of aromatic nitrogens is 3. The number of nitrogens with one attached hydrogen (secondary N) is 1. The summed E-state index contributed by atoms with van der Waals surface area (Å²) in [4.78, 5) is 7.00. The van der Waals surface area contributed by atoms with Gasteiger partial charge in [0, 0.05) is 23.3 Å². The van der Waals surface area contributed by atoms with Crippen molar-refractivity contribution in [3.05, 3.63) is 58.5 Å². The molecule has 1 unspecified atom stereocenters. The van der Waals surface area contributed by atoms with Crippen LogP contribution in [0.2, 0.25) is 0 Å². The molecule has 1 fully saturated rings. The average molecular weight is 429 g/mol. The summed E-state index contributed by atoms with van der Waals surface area (Å²) >= 11 is 3.49. The molecule has 2 aromatic heterocycles. The van der Waals surface area contributed by atoms with Gasteiger partial charge in [-0.1, -0.05) is 28.1 Å². The van der Waals surface area contributed by atoms with Gasteiger partial charge in [0.05, 0.1) is 6.04 Å². The average Bonchev–Trinajstić information content (AvgIpc) is 3.08. The van der Waals surface area contributed by atoms with Crippen molar-refractivity contribution in [1.82, 2.24) is 19.5 Å². The van der Waals surface area contributed by atoms with Gasteiger partial charge in [0.25, 0.3) is 0 Å². The molecule has 0 amide bonds. The first kappa shape index (κ1) is 18.4. The van der Waals surface area contributed by atoms with E-state index >= 15 is 0 Å². The zero-order chi connectivity index (χ0) is 18.8. The number of benzene rings is 1. The largest absolute Gasteiger partial charge is 0.362 e. The van der Waals surface area contributed by atoms with Gasteiger partial charge in [-0.3, -0.25) is 4.90 Å². The summed E-state index contributed by atoms with van der Waals surface area (Å²) in [6.07, 6.45) is 5.74. The van der Waals surface area contributed by atoms with Crippen LogP contribution >= 0.6 is 15.9 Å². The normalized spacial score (nSPS) is 17.3. The molecule has 0 saturated carbocycles. The van der Waals surface area contributed by atoms with Crippen LogP contribution in [0.25, 0.3) is 5.52 Å². The fraction of sp³-hybridized carbons (Fsp3) is 0.400. The van der Waals surface area contributed by atoms with Crippen LogP contribution in [0.15, 0.2) is 47.3 Å². The molecule has 0 bridgehead atoms. The molecule has 0 aliphatic carbocycles. The highest BCUT2D eigenvalue weighted by molar-refractivity contribution is 9.10. The molecule has 6 nitrogen and oxygen atoms in total.